The van der Waals surface area contributed by atoms with Crippen LogP contribution in [-0.4, -0.2) is 26.6 Å². The number of hydrogen-bond acceptors (Lipinski definition) is 2. The van der Waals surface area contributed by atoms with Crippen LogP contribution < -0.4 is 0 Å². The van der Waals surface area contributed by atoms with Gasteiger partial charge in [0.25, 0.3) is 0 Å². The molecule has 0 spiro atoms. The second-order valence-corrected chi connectivity index (χ2v) is 5.01. The van der Waals surface area contributed by atoms with E-state index < -0.39 is 12.6 Å². The second-order valence-electron chi connectivity index (χ2n) is 4.63. The molecule has 0 aromatic carbocycles. The number of nitrogens with zero attached hydrogens (tertiary/aromatic N) is 3. The van der Waals surface area contributed by atoms with Gasteiger partial charge >= 0.3 is 6.18 Å². The Bertz CT molecular complexity index is 592. The monoisotopic (exact) mass is 305 g/mol. The van der Waals surface area contributed by atoms with Crippen LogP contribution in [0.1, 0.15) is 24.4 Å². The third-order valence-electron chi connectivity index (χ3n) is 2.97. The van der Waals surface area contributed by atoms with E-state index in [9.17, 15) is 13.2 Å². The highest BCUT2D eigenvalue weighted by Crippen LogP contribution is 2.23. The molecule has 2 rings (SSSR count). The van der Waals surface area contributed by atoms with E-state index in [1.807, 2.05) is 19.1 Å². The number of pyridine rings is 1. The molecule has 0 bridgehead atoms. The second kappa shape index (κ2) is 5.99. The first-order valence-electron chi connectivity index (χ1n) is 6.36. The van der Waals surface area contributed by atoms with E-state index in [1.165, 1.54) is 0 Å². The maximum atomic E-state index is 12.2. The first-order valence-corrected chi connectivity index (χ1v) is 6.89. The molecule has 0 saturated carbocycles. The zero-order valence-corrected chi connectivity index (χ0v) is 11.8. The molecule has 0 aliphatic heterocycles. The van der Waals surface area contributed by atoms with Crippen LogP contribution in [0.4, 0.5) is 13.2 Å². The minimum atomic E-state index is -4.13. The standard InChI is InChI=1S/C13H15ClF3N3/c1-9-3-4-10-12(18-9)20(11(19-10)5-7-14)8-2-6-13(15,16)17/h3-4H,2,5-8H2,1H3. The Balaban J connectivity index is 2.28. The lowest BCUT2D eigenvalue weighted by Crippen LogP contribution is -2.11. The van der Waals surface area contributed by atoms with Crippen molar-refractivity contribution in [1.29, 1.82) is 0 Å². The molecule has 0 atom stereocenters. The molecular formula is C13H15ClF3N3. The van der Waals surface area contributed by atoms with Gasteiger partial charge in [0.1, 0.15) is 11.3 Å². The fraction of sp³-hybridized carbons (Fsp3) is 0.538. The SMILES string of the molecule is Cc1ccc2nc(CCCl)n(CCCC(F)(F)F)c2n1. The normalized spacial score (nSPS) is 12.2. The van der Waals surface area contributed by atoms with Crippen molar-refractivity contribution in [3.05, 3.63) is 23.7 Å². The van der Waals surface area contributed by atoms with Crippen molar-refractivity contribution in [1.82, 2.24) is 14.5 Å². The number of aryl methyl sites for hydroxylation is 3. The van der Waals surface area contributed by atoms with Gasteiger partial charge in [0.15, 0.2) is 5.65 Å². The Morgan fingerprint density at radius 1 is 1.25 bits per heavy atom. The van der Waals surface area contributed by atoms with Crippen molar-refractivity contribution < 1.29 is 13.2 Å². The van der Waals surface area contributed by atoms with Gasteiger partial charge in [-0.05, 0) is 25.5 Å². The molecular weight excluding hydrogens is 291 g/mol. The average Bonchev–Trinajstić information content (AvgIpc) is 2.66. The topological polar surface area (TPSA) is 30.7 Å². The average molecular weight is 306 g/mol. The van der Waals surface area contributed by atoms with Crippen molar-refractivity contribution >= 4 is 22.8 Å². The van der Waals surface area contributed by atoms with Crippen molar-refractivity contribution in [2.45, 2.75) is 38.9 Å². The van der Waals surface area contributed by atoms with Crippen LogP contribution in [0.3, 0.4) is 0 Å². The molecule has 2 aromatic rings. The largest absolute Gasteiger partial charge is 0.389 e. The molecule has 0 aliphatic carbocycles. The Hall–Kier alpha value is -1.30. The van der Waals surface area contributed by atoms with Crippen molar-refractivity contribution in [2.24, 2.45) is 0 Å². The highest BCUT2D eigenvalue weighted by atomic mass is 35.5. The van der Waals surface area contributed by atoms with Crippen LogP contribution in [0.25, 0.3) is 11.2 Å². The van der Waals surface area contributed by atoms with Crippen molar-refractivity contribution in [3.8, 4) is 0 Å². The van der Waals surface area contributed by atoms with Gasteiger partial charge in [-0.1, -0.05) is 0 Å². The van der Waals surface area contributed by atoms with Gasteiger partial charge in [-0.25, -0.2) is 9.97 Å². The number of aromatic nitrogens is 3. The van der Waals surface area contributed by atoms with Crippen LogP contribution >= 0.6 is 11.6 Å². The van der Waals surface area contributed by atoms with Crippen LogP contribution in [0.15, 0.2) is 12.1 Å². The van der Waals surface area contributed by atoms with Crippen LogP contribution in [0, 0.1) is 6.92 Å². The molecule has 0 aliphatic rings. The summed E-state index contributed by atoms with van der Waals surface area (Å²) < 4.78 is 38.5. The predicted octanol–water partition coefficient (Wildman–Crippen LogP) is 3.86. The van der Waals surface area contributed by atoms with Gasteiger partial charge in [0.05, 0.1) is 0 Å². The first kappa shape index (κ1) is 15.1. The van der Waals surface area contributed by atoms with E-state index in [4.69, 9.17) is 11.6 Å². The number of halogens is 4. The molecule has 0 radical (unpaired) electrons. The summed E-state index contributed by atoms with van der Waals surface area (Å²) in [5, 5.41) is 0. The fourth-order valence-corrected chi connectivity index (χ4v) is 2.26. The Morgan fingerprint density at radius 2 is 2.00 bits per heavy atom. The first-order chi connectivity index (χ1) is 9.40. The molecule has 0 fully saturated rings. The summed E-state index contributed by atoms with van der Waals surface area (Å²) in [6.45, 7) is 2.09. The van der Waals surface area contributed by atoms with Crippen molar-refractivity contribution in [2.75, 3.05) is 5.88 Å². The van der Waals surface area contributed by atoms with Gasteiger partial charge in [-0.2, -0.15) is 13.2 Å². The van der Waals surface area contributed by atoms with Crippen LogP contribution in [0.5, 0.6) is 0 Å². The molecule has 110 valence electrons. The number of fused-ring (bicyclic) bond motifs is 1. The van der Waals surface area contributed by atoms with E-state index in [0.717, 1.165) is 5.69 Å². The summed E-state index contributed by atoms with van der Waals surface area (Å²) in [5.74, 6) is 1.07. The third-order valence-corrected chi connectivity index (χ3v) is 3.16. The number of imidazole rings is 1. The summed E-state index contributed by atoms with van der Waals surface area (Å²) in [7, 11) is 0. The molecule has 3 nitrogen and oxygen atoms in total. The summed E-state index contributed by atoms with van der Waals surface area (Å²) in [5.41, 5.74) is 2.14. The lowest BCUT2D eigenvalue weighted by atomic mass is 10.3. The van der Waals surface area contributed by atoms with E-state index in [0.29, 0.717) is 29.3 Å². The summed E-state index contributed by atoms with van der Waals surface area (Å²) in [6, 6.07) is 3.66. The minimum absolute atomic E-state index is 0.0138. The fourth-order valence-electron chi connectivity index (χ4n) is 2.09. The van der Waals surface area contributed by atoms with E-state index in [2.05, 4.69) is 9.97 Å². The zero-order valence-electron chi connectivity index (χ0n) is 11.0. The smallest absolute Gasteiger partial charge is 0.313 e. The molecule has 0 amide bonds. The number of alkyl halides is 4. The molecule has 0 unspecified atom stereocenters. The maximum absolute atomic E-state index is 12.2. The van der Waals surface area contributed by atoms with Crippen molar-refractivity contribution in [3.63, 3.8) is 0 Å². The Kier molecular flexibility index (Phi) is 4.52. The summed E-state index contributed by atoms with van der Waals surface area (Å²) >= 11 is 5.72. The molecule has 2 aromatic heterocycles. The summed E-state index contributed by atoms with van der Waals surface area (Å²) in [4.78, 5) is 8.76. The molecule has 20 heavy (non-hydrogen) atoms. The molecule has 0 N–H and O–H groups in total. The summed E-state index contributed by atoms with van der Waals surface area (Å²) in [6.07, 6.45) is -4.41. The van der Waals surface area contributed by atoms with Crippen LogP contribution in [-0.2, 0) is 13.0 Å². The molecule has 2 heterocycles. The van der Waals surface area contributed by atoms with Gasteiger partial charge in [-0.3, -0.25) is 0 Å². The lowest BCUT2D eigenvalue weighted by molar-refractivity contribution is -0.135. The van der Waals surface area contributed by atoms with Gasteiger partial charge in [0, 0.05) is 31.0 Å². The van der Waals surface area contributed by atoms with E-state index in [-0.39, 0.29) is 13.0 Å². The Morgan fingerprint density at radius 3 is 2.65 bits per heavy atom. The number of rotatable bonds is 5. The van der Waals surface area contributed by atoms with E-state index >= 15 is 0 Å². The molecule has 7 heteroatoms. The maximum Gasteiger partial charge on any atom is 0.389 e. The third kappa shape index (κ3) is 3.62. The zero-order chi connectivity index (χ0) is 14.8. The van der Waals surface area contributed by atoms with E-state index in [1.54, 1.807) is 4.57 Å². The predicted molar refractivity (Wildman–Crippen MR) is 72.0 cm³/mol. The highest BCUT2D eigenvalue weighted by molar-refractivity contribution is 6.17. The molecule has 0 saturated heterocycles. The Labute approximate surface area is 119 Å². The highest BCUT2D eigenvalue weighted by Gasteiger charge is 2.26. The van der Waals surface area contributed by atoms with Gasteiger partial charge in [-0.15, -0.1) is 11.6 Å². The number of hydrogen-bond donors (Lipinski definition) is 0. The quantitative estimate of drug-likeness (QED) is 0.785. The van der Waals surface area contributed by atoms with Gasteiger partial charge < -0.3 is 4.57 Å². The lowest BCUT2D eigenvalue weighted by Gasteiger charge is -2.09. The van der Waals surface area contributed by atoms with Gasteiger partial charge in [0.2, 0.25) is 0 Å². The van der Waals surface area contributed by atoms with Crippen LogP contribution in [0.2, 0.25) is 0 Å². The minimum Gasteiger partial charge on any atom is -0.313 e.